The molecule has 1 unspecified atom stereocenters. The zero-order chi connectivity index (χ0) is 17.3. The summed E-state index contributed by atoms with van der Waals surface area (Å²) in [4.78, 5) is 25.0. The third-order valence-corrected chi connectivity index (χ3v) is 5.24. The monoisotopic (exact) mass is 385 g/mol. The van der Waals surface area contributed by atoms with Crippen molar-refractivity contribution in [3.05, 3.63) is 28.8 Å². The van der Waals surface area contributed by atoms with Crippen molar-refractivity contribution in [1.29, 1.82) is 0 Å². The number of carbonyl (C=O) groups is 2. The van der Waals surface area contributed by atoms with Gasteiger partial charge >= 0.3 is 0 Å². The summed E-state index contributed by atoms with van der Waals surface area (Å²) >= 11 is 6.06. The van der Waals surface area contributed by atoms with Gasteiger partial charge in [-0.3, -0.25) is 9.59 Å². The van der Waals surface area contributed by atoms with Gasteiger partial charge in [-0.2, -0.15) is 0 Å². The van der Waals surface area contributed by atoms with E-state index in [1.807, 2.05) is 13.8 Å². The van der Waals surface area contributed by atoms with E-state index in [2.05, 4.69) is 16.0 Å². The normalized spacial score (nSPS) is 20.7. The first kappa shape index (κ1) is 20.0. The molecule has 1 heterocycles. The summed E-state index contributed by atoms with van der Waals surface area (Å²) in [6, 6.07) is 4.99. The molecule has 1 spiro atoms. The summed E-state index contributed by atoms with van der Waals surface area (Å²) in [5, 5.41) is 9.62. The van der Waals surface area contributed by atoms with Crippen LogP contribution in [0.25, 0.3) is 0 Å². The molecule has 1 atom stereocenters. The molecule has 1 aliphatic heterocycles. The first-order valence-corrected chi connectivity index (χ1v) is 8.91. The summed E-state index contributed by atoms with van der Waals surface area (Å²) in [5.74, 6) is -0.165. The summed E-state index contributed by atoms with van der Waals surface area (Å²) in [6.07, 6.45) is 3.03. The number of carbonyl (C=O) groups excluding carboxylic acids is 2. The molecule has 2 amide bonds. The smallest absolute Gasteiger partial charge is 0.253 e. The molecule has 138 valence electrons. The van der Waals surface area contributed by atoms with Gasteiger partial charge in [0.1, 0.15) is 0 Å². The molecule has 0 bridgehead atoms. The van der Waals surface area contributed by atoms with E-state index in [0.29, 0.717) is 16.3 Å². The second-order valence-electron chi connectivity index (χ2n) is 7.18. The molecule has 25 heavy (non-hydrogen) atoms. The Morgan fingerprint density at radius 2 is 1.96 bits per heavy atom. The van der Waals surface area contributed by atoms with Crippen LogP contribution in [-0.4, -0.2) is 30.9 Å². The standard InChI is InChI=1S/C18H24ClN3O2.ClH/c1-11(2)21-16(23)13-4-3-12(19)9-15(13)22-17(24)14-10-18(14)5-7-20-8-6-18;/h3-4,9,11,14,20H,5-8,10H2,1-2H3,(H,21,23)(H,22,24);1H. The molecule has 0 aromatic heterocycles. The van der Waals surface area contributed by atoms with Gasteiger partial charge in [0.2, 0.25) is 5.91 Å². The Kier molecular flexibility index (Phi) is 6.35. The number of amides is 2. The molecular weight excluding hydrogens is 361 g/mol. The van der Waals surface area contributed by atoms with Crippen LogP contribution in [0, 0.1) is 11.3 Å². The molecule has 3 rings (SSSR count). The maximum absolute atomic E-state index is 12.7. The van der Waals surface area contributed by atoms with Crippen molar-refractivity contribution in [2.45, 2.75) is 39.2 Å². The van der Waals surface area contributed by atoms with Crippen LogP contribution in [-0.2, 0) is 4.79 Å². The molecule has 1 aliphatic carbocycles. The zero-order valence-electron chi connectivity index (χ0n) is 14.5. The number of hydrogen-bond donors (Lipinski definition) is 3. The van der Waals surface area contributed by atoms with E-state index >= 15 is 0 Å². The molecule has 1 saturated carbocycles. The van der Waals surface area contributed by atoms with Crippen LogP contribution in [0.5, 0.6) is 0 Å². The third kappa shape index (κ3) is 4.46. The third-order valence-electron chi connectivity index (χ3n) is 5.01. The summed E-state index contributed by atoms with van der Waals surface area (Å²) in [7, 11) is 0. The van der Waals surface area contributed by atoms with Crippen molar-refractivity contribution in [3.63, 3.8) is 0 Å². The van der Waals surface area contributed by atoms with E-state index in [9.17, 15) is 9.59 Å². The molecule has 2 aliphatic rings. The summed E-state index contributed by atoms with van der Waals surface area (Å²) in [6.45, 7) is 5.75. The molecule has 0 radical (unpaired) electrons. The van der Waals surface area contributed by atoms with Gasteiger partial charge in [0, 0.05) is 17.0 Å². The second kappa shape index (κ2) is 7.94. The van der Waals surface area contributed by atoms with Crippen molar-refractivity contribution in [2.75, 3.05) is 18.4 Å². The predicted molar refractivity (Wildman–Crippen MR) is 103 cm³/mol. The van der Waals surface area contributed by atoms with Gasteiger partial charge in [-0.1, -0.05) is 11.6 Å². The van der Waals surface area contributed by atoms with Crippen molar-refractivity contribution in [3.8, 4) is 0 Å². The molecule has 5 nitrogen and oxygen atoms in total. The fourth-order valence-electron chi connectivity index (χ4n) is 3.57. The topological polar surface area (TPSA) is 70.2 Å². The first-order chi connectivity index (χ1) is 11.4. The van der Waals surface area contributed by atoms with E-state index in [-0.39, 0.29) is 41.6 Å². The van der Waals surface area contributed by atoms with E-state index in [1.54, 1.807) is 18.2 Å². The van der Waals surface area contributed by atoms with Gasteiger partial charge in [0.25, 0.3) is 5.91 Å². The minimum atomic E-state index is -0.204. The van der Waals surface area contributed by atoms with Gasteiger partial charge in [0.15, 0.2) is 0 Å². The highest BCUT2D eigenvalue weighted by molar-refractivity contribution is 6.31. The van der Waals surface area contributed by atoms with Crippen molar-refractivity contribution in [2.24, 2.45) is 11.3 Å². The number of hydrogen-bond acceptors (Lipinski definition) is 3. The van der Waals surface area contributed by atoms with Gasteiger partial charge in [-0.25, -0.2) is 0 Å². The van der Waals surface area contributed by atoms with E-state index in [4.69, 9.17) is 11.6 Å². The molecule has 7 heteroatoms. The molecule has 1 saturated heterocycles. The Hall–Kier alpha value is -1.30. The SMILES string of the molecule is CC(C)NC(=O)c1ccc(Cl)cc1NC(=O)C1CC12CCNCC2.Cl. The van der Waals surface area contributed by atoms with Gasteiger partial charge < -0.3 is 16.0 Å². The number of rotatable bonds is 4. The minimum absolute atomic E-state index is 0. The number of piperidine rings is 1. The lowest BCUT2D eigenvalue weighted by Gasteiger charge is -2.23. The first-order valence-electron chi connectivity index (χ1n) is 8.53. The summed E-state index contributed by atoms with van der Waals surface area (Å²) < 4.78 is 0. The number of benzene rings is 1. The largest absolute Gasteiger partial charge is 0.350 e. The Labute approximate surface area is 159 Å². The average Bonchev–Trinajstić information content (AvgIpc) is 3.20. The highest BCUT2D eigenvalue weighted by Crippen LogP contribution is 2.58. The van der Waals surface area contributed by atoms with Crippen LogP contribution in [0.3, 0.4) is 0 Å². The van der Waals surface area contributed by atoms with Crippen LogP contribution in [0.2, 0.25) is 5.02 Å². The van der Waals surface area contributed by atoms with Crippen LogP contribution >= 0.6 is 24.0 Å². The zero-order valence-corrected chi connectivity index (χ0v) is 16.1. The molecule has 3 N–H and O–H groups in total. The van der Waals surface area contributed by atoms with Crippen molar-refractivity contribution in [1.82, 2.24) is 10.6 Å². The lowest BCUT2D eigenvalue weighted by molar-refractivity contribution is -0.118. The molecular formula is C18H25Cl2N3O2. The lowest BCUT2D eigenvalue weighted by atomic mass is 9.91. The van der Waals surface area contributed by atoms with Gasteiger partial charge in [0.05, 0.1) is 11.3 Å². The molecule has 1 aromatic carbocycles. The average molecular weight is 386 g/mol. The van der Waals surface area contributed by atoms with Crippen LogP contribution in [0.15, 0.2) is 18.2 Å². The van der Waals surface area contributed by atoms with E-state index < -0.39 is 0 Å². The summed E-state index contributed by atoms with van der Waals surface area (Å²) in [5.41, 5.74) is 1.09. The fourth-order valence-corrected chi connectivity index (χ4v) is 3.75. The number of anilines is 1. The minimum Gasteiger partial charge on any atom is -0.350 e. The van der Waals surface area contributed by atoms with Crippen LogP contribution in [0.4, 0.5) is 5.69 Å². The van der Waals surface area contributed by atoms with Crippen molar-refractivity contribution >= 4 is 41.5 Å². The predicted octanol–water partition coefficient (Wildman–Crippen LogP) is 3.23. The highest BCUT2D eigenvalue weighted by Gasteiger charge is 2.57. The Balaban J connectivity index is 0.00000225. The van der Waals surface area contributed by atoms with Crippen LogP contribution in [0.1, 0.15) is 43.5 Å². The fraction of sp³-hybridized carbons (Fsp3) is 0.556. The molecule has 2 fully saturated rings. The number of nitrogens with one attached hydrogen (secondary N) is 3. The quantitative estimate of drug-likeness (QED) is 0.744. The Morgan fingerprint density at radius 3 is 2.60 bits per heavy atom. The Bertz CT molecular complexity index is 658. The van der Waals surface area contributed by atoms with E-state index in [1.165, 1.54) is 0 Å². The van der Waals surface area contributed by atoms with Gasteiger partial charge in [-0.15, -0.1) is 12.4 Å². The van der Waals surface area contributed by atoms with Crippen LogP contribution < -0.4 is 16.0 Å². The maximum Gasteiger partial charge on any atom is 0.253 e. The maximum atomic E-state index is 12.7. The molecule has 1 aromatic rings. The Morgan fingerprint density at radius 1 is 1.28 bits per heavy atom. The van der Waals surface area contributed by atoms with Crippen molar-refractivity contribution < 1.29 is 9.59 Å². The van der Waals surface area contributed by atoms with E-state index in [0.717, 1.165) is 32.4 Å². The second-order valence-corrected chi connectivity index (χ2v) is 7.61. The number of halogens is 2. The lowest BCUT2D eigenvalue weighted by Crippen LogP contribution is -2.32. The highest BCUT2D eigenvalue weighted by atomic mass is 35.5. The van der Waals surface area contributed by atoms with Gasteiger partial charge in [-0.05, 0) is 69.8 Å².